The Morgan fingerprint density at radius 1 is 1.33 bits per heavy atom. The zero-order valence-corrected chi connectivity index (χ0v) is 9.17. The van der Waals surface area contributed by atoms with Crippen LogP contribution in [0, 0.1) is 0 Å². The lowest BCUT2D eigenvalue weighted by atomic mass is 10.2. The Bertz CT molecular complexity index is 457. The van der Waals surface area contributed by atoms with Crippen molar-refractivity contribution in [1.82, 2.24) is 10.3 Å². The van der Waals surface area contributed by atoms with Crippen molar-refractivity contribution in [3.05, 3.63) is 30.0 Å². The smallest absolute Gasteiger partial charge is 0.0477 e. The number of rotatable bonds is 3. The summed E-state index contributed by atoms with van der Waals surface area (Å²) >= 11 is 0. The summed E-state index contributed by atoms with van der Waals surface area (Å²) in [6.45, 7) is 5.15. The van der Waals surface area contributed by atoms with Crippen LogP contribution >= 0.6 is 0 Å². The quantitative estimate of drug-likeness (QED) is 0.670. The molecule has 0 saturated heterocycles. The number of benzene rings is 1. The van der Waals surface area contributed by atoms with Crippen molar-refractivity contribution in [1.29, 1.82) is 0 Å². The van der Waals surface area contributed by atoms with Crippen LogP contribution in [0.15, 0.2) is 24.3 Å². The number of nitrogens with one attached hydrogen (secondary N) is 2. The second kappa shape index (κ2) is 3.95. The lowest BCUT2D eigenvalue weighted by molar-refractivity contribution is 0.583. The van der Waals surface area contributed by atoms with Gasteiger partial charge in [0.1, 0.15) is 0 Å². The van der Waals surface area contributed by atoms with Crippen LogP contribution in [-0.2, 0) is 6.54 Å². The fourth-order valence-electron chi connectivity index (χ4n) is 1.61. The molecular weight excluding hydrogens is 186 g/mol. The average molecular weight is 203 g/mol. The first kappa shape index (κ1) is 10.1. The van der Waals surface area contributed by atoms with E-state index in [0.717, 1.165) is 17.7 Å². The number of hydrogen-bond donors (Lipinski definition) is 3. The van der Waals surface area contributed by atoms with Gasteiger partial charge < -0.3 is 16.0 Å². The monoisotopic (exact) mass is 203 g/mol. The van der Waals surface area contributed by atoms with Gasteiger partial charge in [-0.2, -0.15) is 0 Å². The van der Waals surface area contributed by atoms with Crippen LogP contribution in [0.25, 0.3) is 10.9 Å². The predicted octanol–water partition coefficient (Wildman–Crippen LogP) is 2.25. The second-order valence-corrected chi connectivity index (χ2v) is 4.18. The van der Waals surface area contributed by atoms with E-state index in [4.69, 9.17) is 5.73 Å². The van der Waals surface area contributed by atoms with Gasteiger partial charge in [-0.25, -0.2) is 0 Å². The molecule has 0 aliphatic carbocycles. The van der Waals surface area contributed by atoms with Gasteiger partial charge in [-0.05, 0) is 23.6 Å². The predicted molar refractivity (Wildman–Crippen MR) is 64.7 cm³/mol. The molecule has 1 aromatic heterocycles. The van der Waals surface area contributed by atoms with Crippen molar-refractivity contribution in [2.75, 3.05) is 5.73 Å². The molecule has 1 heterocycles. The molecule has 0 unspecified atom stereocenters. The van der Waals surface area contributed by atoms with Gasteiger partial charge in [0, 0.05) is 29.5 Å². The third-order valence-corrected chi connectivity index (χ3v) is 2.40. The van der Waals surface area contributed by atoms with Crippen molar-refractivity contribution < 1.29 is 0 Å². The standard InChI is InChI=1S/C12H17N3/c1-8(2)14-7-11-5-9-3-4-10(13)6-12(9)15-11/h3-6,8,14-15H,7,13H2,1-2H3. The fourth-order valence-corrected chi connectivity index (χ4v) is 1.61. The van der Waals surface area contributed by atoms with E-state index in [1.54, 1.807) is 0 Å². The Hall–Kier alpha value is -1.48. The summed E-state index contributed by atoms with van der Waals surface area (Å²) in [6.07, 6.45) is 0. The van der Waals surface area contributed by atoms with Crippen molar-refractivity contribution in [2.45, 2.75) is 26.4 Å². The molecule has 2 aromatic rings. The summed E-state index contributed by atoms with van der Waals surface area (Å²) in [5.74, 6) is 0. The molecule has 0 bridgehead atoms. The van der Waals surface area contributed by atoms with Crippen LogP contribution in [0.4, 0.5) is 5.69 Å². The van der Waals surface area contributed by atoms with E-state index < -0.39 is 0 Å². The molecule has 4 N–H and O–H groups in total. The molecule has 80 valence electrons. The minimum absolute atomic E-state index is 0.501. The van der Waals surface area contributed by atoms with Gasteiger partial charge in [0.2, 0.25) is 0 Å². The van der Waals surface area contributed by atoms with E-state index in [2.05, 4.69) is 30.2 Å². The maximum atomic E-state index is 5.72. The Morgan fingerprint density at radius 2 is 2.13 bits per heavy atom. The second-order valence-electron chi connectivity index (χ2n) is 4.18. The zero-order valence-electron chi connectivity index (χ0n) is 9.17. The van der Waals surface area contributed by atoms with Crippen molar-refractivity contribution >= 4 is 16.6 Å². The van der Waals surface area contributed by atoms with Crippen molar-refractivity contribution in [3.8, 4) is 0 Å². The Morgan fingerprint density at radius 3 is 2.87 bits per heavy atom. The molecule has 0 atom stereocenters. The molecule has 0 amide bonds. The Balaban J connectivity index is 2.23. The van der Waals surface area contributed by atoms with Crippen molar-refractivity contribution in [3.63, 3.8) is 0 Å². The van der Waals surface area contributed by atoms with Crippen LogP contribution in [0.3, 0.4) is 0 Å². The molecule has 3 nitrogen and oxygen atoms in total. The maximum Gasteiger partial charge on any atom is 0.0477 e. The van der Waals surface area contributed by atoms with E-state index >= 15 is 0 Å². The molecule has 2 rings (SSSR count). The summed E-state index contributed by atoms with van der Waals surface area (Å²) in [5.41, 5.74) is 8.82. The normalized spacial score (nSPS) is 11.4. The number of anilines is 1. The number of aromatic amines is 1. The van der Waals surface area contributed by atoms with Crippen LogP contribution in [0.2, 0.25) is 0 Å². The lowest BCUT2D eigenvalue weighted by Crippen LogP contribution is -2.21. The highest BCUT2D eigenvalue weighted by atomic mass is 14.9. The summed E-state index contributed by atoms with van der Waals surface area (Å²) in [6, 6.07) is 8.59. The molecule has 0 fully saturated rings. The summed E-state index contributed by atoms with van der Waals surface area (Å²) in [4.78, 5) is 3.35. The Kier molecular flexibility index (Phi) is 2.64. The average Bonchev–Trinajstić information content (AvgIpc) is 2.56. The van der Waals surface area contributed by atoms with Gasteiger partial charge in [-0.15, -0.1) is 0 Å². The van der Waals surface area contributed by atoms with Crippen molar-refractivity contribution in [2.24, 2.45) is 0 Å². The molecular formula is C12H17N3. The number of hydrogen-bond acceptors (Lipinski definition) is 2. The highest BCUT2D eigenvalue weighted by Gasteiger charge is 2.01. The van der Waals surface area contributed by atoms with Gasteiger partial charge >= 0.3 is 0 Å². The molecule has 0 radical (unpaired) electrons. The summed E-state index contributed by atoms with van der Waals surface area (Å²) in [7, 11) is 0. The van der Waals surface area contributed by atoms with E-state index in [-0.39, 0.29) is 0 Å². The fraction of sp³-hybridized carbons (Fsp3) is 0.333. The minimum atomic E-state index is 0.501. The van der Waals surface area contributed by atoms with Crippen LogP contribution in [0.5, 0.6) is 0 Å². The van der Waals surface area contributed by atoms with Gasteiger partial charge in [0.05, 0.1) is 0 Å². The molecule has 1 aromatic carbocycles. The topological polar surface area (TPSA) is 53.8 Å². The molecule has 0 aliphatic heterocycles. The van der Waals surface area contributed by atoms with E-state index in [0.29, 0.717) is 6.04 Å². The third-order valence-electron chi connectivity index (χ3n) is 2.40. The van der Waals surface area contributed by atoms with E-state index in [1.165, 1.54) is 11.1 Å². The first-order chi connectivity index (χ1) is 7.15. The van der Waals surface area contributed by atoms with Gasteiger partial charge in [0.25, 0.3) is 0 Å². The number of nitrogens with two attached hydrogens (primary N) is 1. The van der Waals surface area contributed by atoms with Crippen LogP contribution in [-0.4, -0.2) is 11.0 Å². The lowest BCUT2D eigenvalue weighted by Gasteiger charge is -2.05. The van der Waals surface area contributed by atoms with Crippen LogP contribution in [0.1, 0.15) is 19.5 Å². The number of H-pyrrole nitrogens is 1. The third kappa shape index (κ3) is 2.30. The number of aromatic nitrogens is 1. The number of nitrogen functional groups attached to an aromatic ring is 1. The molecule has 3 heteroatoms. The SMILES string of the molecule is CC(C)NCc1cc2ccc(N)cc2[nH]1. The highest BCUT2D eigenvalue weighted by Crippen LogP contribution is 2.18. The highest BCUT2D eigenvalue weighted by molar-refractivity contribution is 5.83. The largest absolute Gasteiger partial charge is 0.399 e. The maximum absolute atomic E-state index is 5.72. The summed E-state index contributed by atoms with van der Waals surface area (Å²) in [5, 5.41) is 4.59. The molecule has 0 spiro atoms. The zero-order chi connectivity index (χ0) is 10.8. The number of fused-ring (bicyclic) bond motifs is 1. The van der Waals surface area contributed by atoms with E-state index in [1.807, 2.05) is 18.2 Å². The minimum Gasteiger partial charge on any atom is -0.399 e. The first-order valence-electron chi connectivity index (χ1n) is 5.25. The van der Waals surface area contributed by atoms with Crippen LogP contribution < -0.4 is 11.1 Å². The molecule has 0 aliphatic rings. The Labute approximate surface area is 89.7 Å². The van der Waals surface area contributed by atoms with Gasteiger partial charge in [-0.3, -0.25) is 0 Å². The molecule has 0 saturated carbocycles. The van der Waals surface area contributed by atoms with E-state index in [9.17, 15) is 0 Å². The molecule has 15 heavy (non-hydrogen) atoms. The summed E-state index contributed by atoms with van der Waals surface area (Å²) < 4.78 is 0. The van der Waals surface area contributed by atoms with Gasteiger partial charge in [-0.1, -0.05) is 19.9 Å². The van der Waals surface area contributed by atoms with Gasteiger partial charge in [0.15, 0.2) is 0 Å². The first-order valence-corrected chi connectivity index (χ1v) is 5.25.